The second-order valence-electron chi connectivity index (χ2n) is 8.24. The normalized spacial score (nSPS) is 12.1. The van der Waals surface area contributed by atoms with Crippen molar-refractivity contribution < 1.29 is 14.6 Å². The fourth-order valence-electron chi connectivity index (χ4n) is 3.55. The maximum atomic E-state index is 12.0. The van der Waals surface area contributed by atoms with Crippen LogP contribution in [0.1, 0.15) is 102 Å². The Morgan fingerprint density at radius 1 is 0.828 bits per heavy atom. The summed E-state index contributed by atoms with van der Waals surface area (Å²) in [6.07, 6.45) is 18.8. The minimum absolute atomic E-state index is 0.211. The molecule has 4 heteroatoms. The van der Waals surface area contributed by atoms with Gasteiger partial charge in [0.25, 0.3) is 0 Å². The smallest absolute Gasteiger partial charge is 0.323 e. The van der Waals surface area contributed by atoms with Crippen molar-refractivity contribution in [3.8, 4) is 5.75 Å². The molecule has 0 aliphatic heterocycles. The van der Waals surface area contributed by atoms with Crippen LogP contribution in [0.5, 0.6) is 5.75 Å². The number of phenolic OH excluding ortho intramolecular Hbond substituents is 1. The summed E-state index contributed by atoms with van der Waals surface area (Å²) in [5.74, 6) is -0.129. The molecule has 0 spiro atoms. The number of carbonyl (C=O) groups excluding carboxylic acids is 1. The van der Waals surface area contributed by atoms with Gasteiger partial charge in [-0.2, -0.15) is 0 Å². The summed E-state index contributed by atoms with van der Waals surface area (Å²) in [5, 5.41) is 9.28. The molecule has 166 valence electrons. The highest BCUT2D eigenvalue weighted by molar-refractivity contribution is 5.75. The first kappa shape index (κ1) is 25.5. The van der Waals surface area contributed by atoms with Gasteiger partial charge in [0.1, 0.15) is 11.8 Å². The van der Waals surface area contributed by atoms with E-state index in [9.17, 15) is 9.90 Å². The lowest BCUT2D eigenvalue weighted by Gasteiger charge is -2.11. The van der Waals surface area contributed by atoms with E-state index in [2.05, 4.69) is 6.92 Å². The van der Waals surface area contributed by atoms with E-state index in [1.807, 2.05) is 0 Å². The zero-order chi connectivity index (χ0) is 21.2. The number of phenols is 1. The van der Waals surface area contributed by atoms with Crippen LogP contribution < -0.4 is 5.73 Å². The summed E-state index contributed by atoms with van der Waals surface area (Å²) in [4.78, 5) is 12.0. The third kappa shape index (κ3) is 14.1. The van der Waals surface area contributed by atoms with E-state index in [0.29, 0.717) is 13.0 Å². The SMILES string of the molecule is CCCCCCCCCCCCCCCCOC(=O)[C@@H](N)Cc1ccc(O)cc1. The molecule has 3 N–H and O–H groups in total. The quantitative estimate of drug-likeness (QED) is 0.222. The van der Waals surface area contributed by atoms with Gasteiger partial charge in [-0.3, -0.25) is 4.79 Å². The standard InChI is InChI=1S/C25H43NO3/c1-2-3-4-5-6-7-8-9-10-11-12-13-14-15-20-29-25(28)24(26)21-22-16-18-23(27)19-17-22/h16-19,24,27H,2-15,20-21,26H2,1H3/t24-/m0/s1. The highest BCUT2D eigenvalue weighted by Gasteiger charge is 2.15. The van der Waals surface area contributed by atoms with Crippen molar-refractivity contribution in [1.29, 1.82) is 0 Å². The molecule has 0 fully saturated rings. The molecule has 0 saturated heterocycles. The average Bonchev–Trinajstić information content (AvgIpc) is 2.72. The molecular weight excluding hydrogens is 362 g/mol. The van der Waals surface area contributed by atoms with Crippen molar-refractivity contribution in [3.63, 3.8) is 0 Å². The van der Waals surface area contributed by atoms with Gasteiger partial charge in [0.2, 0.25) is 0 Å². The Hall–Kier alpha value is -1.55. The maximum absolute atomic E-state index is 12.0. The lowest BCUT2D eigenvalue weighted by atomic mass is 10.0. The Morgan fingerprint density at radius 3 is 1.76 bits per heavy atom. The average molecular weight is 406 g/mol. The van der Waals surface area contributed by atoms with Gasteiger partial charge in [-0.1, -0.05) is 103 Å². The van der Waals surface area contributed by atoms with Gasteiger partial charge in [0.05, 0.1) is 6.61 Å². The van der Waals surface area contributed by atoms with Gasteiger partial charge in [0.15, 0.2) is 0 Å². The molecule has 1 atom stereocenters. The van der Waals surface area contributed by atoms with Gasteiger partial charge in [0, 0.05) is 0 Å². The number of aromatic hydroxyl groups is 1. The van der Waals surface area contributed by atoms with Crippen molar-refractivity contribution in [2.75, 3.05) is 6.61 Å². The molecule has 1 rings (SSSR count). The van der Waals surface area contributed by atoms with Gasteiger partial charge in [-0.15, -0.1) is 0 Å². The molecule has 0 unspecified atom stereocenters. The Morgan fingerprint density at radius 2 is 1.28 bits per heavy atom. The van der Waals surface area contributed by atoms with Crippen molar-refractivity contribution in [1.82, 2.24) is 0 Å². The van der Waals surface area contributed by atoms with Gasteiger partial charge in [-0.05, 0) is 30.5 Å². The molecule has 29 heavy (non-hydrogen) atoms. The highest BCUT2D eigenvalue weighted by Crippen LogP contribution is 2.13. The number of unbranched alkanes of at least 4 members (excludes halogenated alkanes) is 13. The summed E-state index contributed by atoms with van der Waals surface area (Å²) in [6, 6.07) is 6.10. The lowest BCUT2D eigenvalue weighted by Crippen LogP contribution is -2.34. The van der Waals surface area contributed by atoms with Crippen LogP contribution >= 0.6 is 0 Å². The molecule has 1 aromatic rings. The molecule has 0 aromatic heterocycles. The zero-order valence-corrected chi connectivity index (χ0v) is 18.5. The topological polar surface area (TPSA) is 72.5 Å². The molecule has 0 radical (unpaired) electrons. The number of hydrogen-bond donors (Lipinski definition) is 2. The summed E-state index contributed by atoms with van der Waals surface area (Å²) in [7, 11) is 0. The molecule has 4 nitrogen and oxygen atoms in total. The molecule has 0 aliphatic carbocycles. The Bertz CT molecular complexity index is 515. The van der Waals surface area contributed by atoms with Crippen LogP contribution in [-0.4, -0.2) is 23.7 Å². The van der Waals surface area contributed by atoms with E-state index < -0.39 is 6.04 Å². The molecular formula is C25H43NO3. The molecule has 0 heterocycles. The number of benzene rings is 1. The zero-order valence-electron chi connectivity index (χ0n) is 18.5. The Kier molecular flexibility index (Phi) is 15.2. The number of hydrogen-bond acceptors (Lipinski definition) is 4. The number of carbonyl (C=O) groups is 1. The van der Waals surface area contributed by atoms with E-state index >= 15 is 0 Å². The predicted octanol–water partition coefficient (Wildman–Crippen LogP) is 6.29. The molecule has 1 aromatic carbocycles. The van der Waals surface area contributed by atoms with E-state index in [0.717, 1.165) is 18.4 Å². The lowest BCUT2D eigenvalue weighted by molar-refractivity contribution is -0.145. The van der Waals surface area contributed by atoms with E-state index in [4.69, 9.17) is 10.5 Å². The Labute approximate surface area is 178 Å². The van der Waals surface area contributed by atoms with Crippen LogP contribution in [0.4, 0.5) is 0 Å². The third-order valence-corrected chi connectivity index (χ3v) is 5.44. The molecule has 0 aliphatic rings. The fourth-order valence-corrected chi connectivity index (χ4v) is 3.55. The second-order valence-corrected chi connectivity index (χ2v) is 8.24. The third-order valence-electron chi connectivity index (χ3n) is 5.44. The van der Waals surface area contributed by atoms with Crippen LogP contribution in [0.25, 0.3) is 0 Å². The summed E-state index contributed by atoms with van der Waals surface area (Å²) in [6.45, 7) is 2.73. The highest BCUT2D eigenvalue weighted by atomic mass is 16.5. The second kappa shape index (κ2) is 17.3. The first-order valence-corrected chi connectivity index (χ1v) is 11.8. The van der Waals surface area contributed by atoms with Crippen LogP contribution in [0.3, 0.4) is 0 Å². The van der Waals surface area contributed by atoms with Crippen LogP contribution in [0, 0.1) is 0 Å². The Balaban J connectivity index is 1.87. The monoisotopic (exact) mass is 405 g/mol. The van der Waals surface area contributed by atoms with Gasteiger partial charge < -0.3 is 15.6 Å². The summed E-state index contributed by atoms with van der Waals surface area (Å²) >= 11 is 0. The number of nitrogens with two attached hydrogens (primary N) is 1. The molecule has 0 amide bonds. The first-order chi connectivity index (χ1) is 14.1. The fraction of sp³-hybridized carbons (Fsp3) is 0.720. The van der Waals surface area contributed by atoms with E-state index in [1.165, 1.54) is 77.0 Å². The van der Waals surface area contributed by atoms with Crippen LogP contribution in [0.2, 0.25) is 0 Å². The predicted molar refractivity (Wildman–Crippen MR) is 121 cm³/mol. The number of rotatable bonds is 18. The van der Waals surface area contributed by atoms with Crippen molar-refractivity contribution in [2.45, 2.75) is 109 Å². The number of esters is 1. The molecule has 0 bridgehead atoms. The van der Waals surface area contributed by atoms with Crippen molar-refractivity contribution in [3.05, 3.63) is 29.8 Å². The first-order valence-electron chi connectivity index (χ1n) is 11.8. The number of ether oxygens (including phenoxy) is 1. The summed E-state index contributed by atoms with van der Waals surface area (Å²) in [5.41, 5.74) is 6.83. The minimum atomic E-state index is -0.647. The maximum Gasteiger partial charge on any atom is 0.323 e. The van der Waals surface area contributed by atoms with Crippen molar-refractivity contribution in [2.24, 2.45) is 5.73 Å². The summed E-state index contributed by atoms with van der Waals surface area (Å²) < 4.78 is 5.29. The van der Waals surface area contributed by atoms with Crippen molar-refractivity contribution >= 4 is 5.97 Å². The van der Waals surface area contributed by atoms with Crippen LogP contribution in [0.15, 0.2) is 24.3 Å². The molecule has 0 saturated carbocycles. The largest absolute Gasteiger partial charge is 0.508 e. The van der Waals surface area contributed by atoms with E-state index in [1.54, 1.807) is 24.3 Å². The minimum Gasteiger partial charge on any atom is -0.508 e. The van der Waals surface area contributed by atoms with Gasteiger partial charge >= 0.3 is 5.97 Å². The van der Waals surface area contributed by atoms with Crippen LogP contribution in [-0.2, 0) is 16.0 Å². The van der Waals surface area contributed by atoms with E-state index in [-0.39, 0.29) is 11.7 Å². The van der Waals surface area contributed by atoms with Gasteiger partial charge in [-0.25, -0.2) is 0 Å².